The SMILES string of the molecule is COc1cccc([C@@H]2Nc3ccc(C)cc3[C@@H](OC(C)=O)C2(C)C)c1OCc1ccc(Cl)cc1. The molecule has 6 heteroatoms. The van der Waals surface area contributed by atoms with E-state index in [9.17, 15) is 4.79 Å². The summed E-state index contributed by atoms with van der Waals surface area (Å²) in [5, 5.41) is 4.37. The molecular weight excluding hydrogens is 450 g/mol. The van der Waals surface area contributed by atoms with Crippen LogP contribution in [-0.4, -0.2) is 13.1 Å². The highest BCUT2D eigenvalue weighted by molar-refractivity contribution is 6.30. The van der Waals surface area contributed by atoms with Gasteiger partial charge in [0.15, 0.2) is 11.5 Å². The molecule has 5 nitrogen and oxygen atoms in total. The van der Waals surface area contributed by atoms with Crippen LogP contribution in [0.25, 0.3) is 0 Å². The molecule has 0 fully saturated rings. The molecule has 178 valence electrons. The van der Waals surface area contributed by atoms with Crippen LogP contribution in [0.5, 0.6) is 11.5 Å². The molecule has 0 radical (unpaired) electrons. The number of halogens is 1. The highest BCUT2D eigenvalue weighted by Gasteiger charge is 2.47. The Bertz CT molecular complexity index is 1190. The van der Waals surface area contributed by atoms with Gasteiger partial charge in [0, 0.05) is 34.2 Å². The van der Waals surface area contributed by atoms with E-state index >= 15 is 0 Å². The summed E-state index contributed by atoms with van der Waals surface area (Å²) in [4.78, 5) is 12.1. The largest absolute Gasteiger partial charge is 0.493 e. The summed E-state index contributed by atoms with van der Waals surface area (Å²) in [5.41, 5.74) is 4.46. The average molecular weight is 480 g/mol. The summed E-state index contributed by atoms with van der Waals surface area (Å²) in [5.74, 6) is 0.987. The first-order valence-electron chi connectivity index (χ1n) is 11.3. The molecule has 1 aliphatic rings. The van der Waals surface area contributed by atoms with E-state index in [0.717, 1.165) is 27.9 Å². The molecule has 4 rings (SSSR count). The minimum absolute atomic E-state index is 0.206. The number of carbonyl (C=O) groups excluding carboxylic acids is 1. The van der Waals surface area contributed by atoms with Crippen LogP contribution in [0, 0.1) is 12.3 Å². The van der Waals surface area contributed by atoms with E-state index in [1.807, 2.05) is 55.5 Å². The zero-order valence-electron chi connectivity index (χ0n) is 20.1. The molecule has 0 aromatic heterocycles. The van der Waals surface area contributed by atoms with Crippen LogP contribution < -0.4 is 14.8 Å². The second-order valence-corrected chi connectivity index (χ2v) is 9.71. The van der Waals surface area contributed by atoms with Gasteiger partial charge < -0.3 is 19.5 Å². The number of hydrogen-bond acceptors (Lipinski definition) is 5. The van der Waals surface area contributed by atoms with Crippen molar-refractivity contribution in [1.82, 2.24) is 0 Å². The number of anilines is 1. The number of benzene rings is 3. The summed E-state index contributed by atoms with van der Waals surface area (Å²) in [6.07, 6.45) is -0.429. The van der Waals surface area contributed by atoms with E-state index in [0.29, 0.717) is 23.1 Å². The van der Waals surface area contributed by atoms with Gasteiger partial charge >= 0.3 is 5.97 Å². The summed E-state index contributed by atoms with van der Waals surface area (Å²) in [6.45, 7) is 8.06. The average Bonchev–Trinajstić information content (AvgIpc) is 2.80. The second-order valence-electron chi connectivity index (χ2n) is 9.27. The van der Waals surface area contributed by atoms with Gasteiger partial charge in [-0.15, -0.1) is 0 Å². The quantitative estimate of drug-likeness (QED) is 0.384. The number of fused-ring (bicyclic) bond motifs is 1. The number of carbonyl (C=O) groups is 1. The van der Waals surface area contributed by atoms with Crippen LogP contribution >= 0.6 is 11.6 Å². The third-order valence-electron chi connectivity index (χ3n) is 6.33. The molecule has 2 atom stereocenters. The minimum atomic E-state index is -0.489. The molecule has 34 heavy (non-hydrogen) atoms. The number of para-hydroxylation sites is 1. The van der Waals surface area contributed by atoms with Crippen molar-refractivity contribution >= 4 is 23.3 Å². The van der Waals surface area contributed by atoms with Crippen LogP contribution in [0.3, 0.4) is 0 Å². The molecule has 1 heterocycles. The monoisotopic (exact) mass is 479 g/mol. The van der Waals surface area contributed by atoms with E-state index < -0.39 is 11.5 Å². The first-order valence-corrected chi connectivity index (χ1v) is 11.7. The lowest BCUT2D eigenvalue weighted by Crippen LogP contribution is -2.40. The van der Waals surface area contributed by atoms with Crippen molar-refractivity contribution in [2.24, 2.45) is 5.41 Å². The molecule has 0 unspecified atom stereocenters. The predicted molar refractivity (Wildman–Crippen MR) is 135 cm³/mol. The van der Waals surface area contributed by atoms with Gasteiger partial charge in [-0.2, -0.15) is 0 Å². The smallest absolute Gasteiger partial charge is 0.303 e. The van der Waals surface area contributed by atoms with Crippen molar-refractivity contribution in [2.45, 2.75) is 46.4 Å². The van der Waals surface area contributed by atoms with Gasteiger partial charge in [-0.05, 0) is 36.8 Å². The highest BCUT2D eigenvalue weighted by Crippen LogP contribution is 2.55. The number of ether oxygens (including phenoxy) is 3. The standard InChI is InChI=1S/C28H30ClNO4/c1-17-9-14-23-22(15-17)27(34-18(2)31)28(3,4)26(30-23)21-7-6-8-24(32-5)25(21)33-16-19-10-12-20(29)13-11-19/h6-15,26-27,30H,16H2,1-5H3/t26-,27+/m0/s1. The second kappa shape index (κ2) is 9.59. The van der Waals surface area contributed by atoms with Gasteiger partial charge in [-0.3, -0.25) is 4.79 Å². The van der Waals surface area contributed by atoms with E-state index in [4.69, 9.17) is 25.8 Å². The molecule has 0 saturated heterocycles. The van der Waals surface area contributed by atoms with Crippen molar-refractivity contribution < 1.29 is 19.0 Å². The lowest BCUT2D eigenvalue weighted by molar-refractivity contribution is -0.154. The van der Waals surface area contributed by atoms with Crippen LogP contribution in [-0.2, 0) is 16.1 Å². The molecule has 3 aromatic rings. The maximum Gasteiger partial charge on any atom is 0.303 e. The van der Waals surface area contributed by atoms with Gasteiger partial charge in [0.05, 0.1) is 13.2 Å². The zero-order chi connectivity index (χ0) is 24.5. The molecule has 0 aliphatic carbocycles. The Morgan fingerprint density at radius 1 is 1.06 bits per heavy atom. The molecule has 0 bridgehead atoms. The van der Waals surface area contributed by atoms with E-state index in [1.165, 1.54) is 6.92 Å². The first-order chi connectivity index (χ1) is 16.2. The van der Waals surface area contributed by atoms with Crippen molar-refractivity contribution in [1.29, 1.82) is 0 Å². The lowest BCUT2D eigenvalue weighted by Gasteiger charge is -2.46. The Morgan fingerprint density at radius 3 is 2.47 bits per heavy atom. The van der Waals surface area contributed by atoms with Crippen molar-refractivity contribution in [2.75, 3.05) is 12.4 Å². The fraction of sp³-hybridized carbons (Fsp3) is 0.321. The molecule has 1 N–H and O–H groups in total. The van der Waals surface area contributed by atoms with E-state index in [-0.39, 0.29) is 12.0 Å². The topological polar surface area (TPSA) is 56.8 Å². The summed E-state index contributed by atoms with van der Waals surface area (Å²) in [7, 11) is 1.63. The van der Waals surface area contributed by atoms with Gasteiger partial charge in [-0.25, -0.2) is 0 Å². The van der Waals surface area contributed by atoms with Crippen LogP contribution in [0.4, 0.5) is 5.69 Å². The van der Waals surface area contributed by atoms with Gasteiger partial charge in [0.1, 0.15) is 12.7 Å². The maximum absolute atomic E-state index is 12.1. The third kappa shape index (κ3) is 4.71. The van der Waals surface area contributed by atoms with Gasteiger partial charge in [0.25, 0.3) is 0 Å². The molecule has 1 aliphatic heterocycles. The number of rotatable bonds is 6. The van der Waals surface area contributed by atoms with Crippen LogP contribution in [0.15, 0.2) is 60.7 Å². The molecule has 0 spiro atoms. The van der Waals surface area contributed by atoms with E-state index in [2.05, 4.69) is 31.3 Å². The summed E-state index contributed by atoms with van der Waals surface area (Å²) < 4.78 is 17.9. The van der Waals surface area contributed by atoms with Crippen LogP contribution in [0.2, 0.25) is 5.02 Å². The fourth-order valence-corrected chi connectivity index (χ4v) is 4.72. The third-order valence-corrected chi connectivity index (χ3v) is 6.58. The highest BCUT2D eigenvalue weighted by atomic mass is 35.5. The normalized spacial score (nSPS) is 18.4. The fourth-order valence-electron chi connectivity index (χ4n) is 4.60. The van der Waals surface area contributed by atoms with Gasteiger partial charge in [0.2, 0.25) is 0 Å². The number of esters is 1. The Hall–Kier alpha value is -3.18. The predicted octanol–water partition coefficient (Wildman–Crippen LogP) is 7.03. The zero-order valence-corrected chi connectivity index (χ0v) is 20.9. The van der Waals surface area contributed by atoms with Crippen molar-refractivity contribution in [3.63, 3.8) is 0 Å². The number of aryl methyl sites for hydroxylation is 1. The number of methoxy groups -OCH3 is 1. The van der Waals surface area contributed by atoms with Crippen molar-refractivity contribution in [3.05, 3.63) is 87.9 Å². The van der Waals surface area contributed by atoms with Crippen LogP contribution in [0.1, 0.15) is 55.2 Å². The maximum atomic E-state index is 12.1. The molecule has 3 aromatic carbocycles. The first kappa shape index (κ1) is 24.0. The minimum Gasteiger partial charge on any atom is -0.493 e. The molecule has 0 saturated carbocycles. The number of nitrogens with one attached hydrogen (secondary N) is 1. The van der Waals surface area contributed by atoms with Gasteiger partial charge in [-0.1, -0.05) is 67.4 Å². The summed E-state index contributed by atoms with van der Waals surface area (Å²) in [6, 6.07) is 19.4. The Balaban J connectivity index is 1.77. The summed E-state index contributed by atoms with van der Waals surface area (Å²) >= 11 is 6.03. The molecular formula is C28H30ClNO4. The Labute approximate surface area is 206 Å². The Morgan fingerprint density at radius 2 is 1.79 bits per heavy atom. The Kier molecular flexibility index (Phi) is 6.76. The number of hydrogen-bond donors (Lipinski definition) is 1. The van der Waals surface area contributed by atoms with Crippen molar-refractivity contribution in [3.8, 4) is 11.5 Å². The lowest BCUT2D eigenvalue weighted by atomic mass is 9.70. The van der Waals surface area contributed by atoms with E-state index in [1.54, 1.807) is 7.11 Å². The molecule has 0 amide bonds.